The highest BCUT2D eigenvalue weighted by atomic mass is 16.5. The van der Waals surface area contributed by atoms with Crippen LogP contribution in [0.15, 0.2) is 30.5 Å². The van der Waals surface area contributed by atoms with Crippen molar-refractivity contribution in [2.24, 2.45) is 0 Å². The zero-order chi connectivity index (χ0) is 15.1. The van der Waals surface area contributed by atoms with E-state index in [1.54, 1.807) is 13.3 Å². The molecule has 2 aromatic rings. The van der Waals surface area contributed by atoms with E-state index in [2.05, 4.69) is 52.6 Å². The number of nitrogens with one attached hydrogen (secondary N) is 2. The first-order valence-electron chi connectivity index (χ1n) is 7.08. The maximum atomic E-state index is 5.02. The highest BCUT2D eigenvalue weighted by Crippen LogP contribution is 2.17. The van der Waals surface area contributed by atoms with E-state index in [0.717, 1.165) is 31.1 Å². The van der Waals surface area contributed by atoms with Crippen LogP contribution in [0.25, 0.3) is 0 Å². The number of hydrogen-bond donors (Lipinski definition) is 2. The molecular formula is C16H22N4O. The van der Waals surface area contributed by atoms with Crippen LogP contribution in [-0.4, -0.2) is 30.2 Å². The van der Waals surface area contributed by atoms with Crippen LogP contribution in [0.5, 0.6) is 0 Å². The Balaban J connectivity index is 2.00. The second-order valence-electron chi connectivity index (χ2n) is 5.04. The summed E-state index contributed by atoms with van der Waals surface area (Å²) in [4.78, 5) is 8.70. The van der Waals surface area contributed by atoms with Gasteiger partial charge in [0.1, 0.15) is 5.82 Å². The number of methoxy groups -OCH3 is 1. The van der Waals surface area contributed by atoms with Crippen LogP contribution in [-0.2, 0) is 4.74 Å². The molecule has 21 heavy (non-hydrogen) atoms. The fraction of sp³-hybridized carbons (Fsp3) is 0.375. The average molecular weight is 286 g/mol. The summed E-state index contributed by atoms with van der Waals surface area (Å²) < 4.78 is 5.02. The maximum absolute atomic E-state index is 5.02. The van der Waals surface area contributed by atoms with Gasteiger partial charge in [-0.2, -0.15) is 4.98 Å². The molecule has 0 bridgehead atoms. The highest BCUT2D eigenvalue weighted by molar-refractivity contribution is 5.57. The van der Waals surface area contributed by atoms with E-state index in [4.69, 9.17) is 4.74 Å². The van der Waals surface area contributed by atoms with Gasteiger partial charge in [-0.25, -0.2) is 4.98 Å². The predicted molar refractivity (Wildman–Crippen MR) is 86.2 cm³/mol. The second-order valence-corrected chi connectivity index (χ2v) is 5.04. The Labute approximate surface area is 125 Å². The van der Waals surface area contributed by atoms with Crippen LogP contribution in [0.1, 0.15) is 17.5 Å². The van der Waals surface area contributed by atoms with Gasteiger partial charge in [-0.05, 0) is 49.6 Å². The lowest BCUT2D eigenvalue weighted by atomic mass is 10.1. The number of ether oxygens (including phenoxy) is 1. The van der Waals surface area contributed by atoms with Crippen LogP contribution >= 0.6 is 0 Å². The second kappa shape index (κ2) is 7.59. The van der Waals surface area contributed by atoms with Gasteiger partial charge in [0.25, 0.3) is 0 Å². The Morgan fingerprint density at radius 3 is 2.62 bits per heavy atom. The van der Waals surface area contributed by atoms with Gasteiger partial charge in [-0.1, -0.05) is 6.07 Å². The molecule has 0 atom stereocenters. The molecule has 2 N–H and O–H groups in total. The first kappa shape index (κ1) is 15.3. The largest absolute Gasteiger partial charge is 0.385 e. The lowest BCUT2D eigenvalue weighted by Gasteiger charge is -2.09. The van der Waals surface area contributed by atoms with Crippen LogP contribution in [0.4, 0.5) is 17.5 Å². The van der Waals surface area contributed by atoms with Gasteiger partial charge in [0.2, 0.25) is 5.95 Å². The van der Waals surface area contributed by atoms with Crippen molar-refractivity contribution in [3.8, 4) is 0 Å². The average Bonchev–Trinajstić information content (AvgIpc) is 2.43. The van der Waals surface area contributed by atoms with Gasteiger partial charge in [0.05, 0.1) is 0 Å². The number of benzene rings is 1. The molecule has 1 aromatic heterocycles. The van der Waals surface area contributed by atoms with Gasteiger partial charge in [-0.15, -0.1) is 0 Å². The molecule has 0 aliphatic heterocycles. The van der Waals surface area contributed by atoms with Crippen molar-refractivity contribution in [1.82, 2.24) is 9.97 Å². The molecule has 0 unspecified atom stereocenters. The predicted octanol–water partition coefficient (Wildman–Crippen LogP) is 3.29. The molecule has 0 radical (unpaired) electrons. The third-order valence-electron chi connectivity index (χ3n) is 2.96. The third kappa shape index (κ3) is 5.04. The number of aromatic nitrogens is 2. The smallest absolute Gasteiger partial charge is 0.229 e. The fourth-order valence-corrected chi connectivity index (χ4v) is 2.13. The molecule has 1 heterocycles. The number of rotatable bonds is 7. The SMILES string of the molecule is COCCCNc1ccnc(Nc2cc(C)cc(C)c2)n1. The normalized spacial score (nSPS) is 10.4. The zero-order valence-corrected chi connectivity index (χ0v) is 12.8. The van der Waals surface area contributed by atoms with Crippen molar-refractivity contribution in [1.29, 1.82) is 0 Å². The lowest BCUT2D eigenvalue weighted by molar-refractivity contribution is 0.198. The minimum atomic E-state index is 0.594. The van der Waals surface area contributed by atoms with Crippen molar-refractivity contribution in [3.05, 3.63) is 41.6 Å². The van der Waals surface area contributed by atoms with Crippen molar-refractivity contribution < 1.29 is 4.74 Å². The summed E-state index contributed by atoms with van der Waals surface area (Å²) in [7, 11) is 1.70. The lowest BCUT2D eigenvalue weighted by Crippen LogP contribution is -2.07. The number of nitrogens with zero attached hydrogens (tertiary/aromatic N) is 2. The van der Waals surface area contributed by atoms with E-state index in [1.807, 2.05) is 6.07 Å². The number of anilines is 3. The first-order valence-corrected chi connectivity index (χ1v) is 7.08. The van der Waals surface area contributed by atoms with E-state index >= 15 is 0 Å². The van der Waals surface area contributed by atoms with Crippen LogP contribution in [0, 0.1) is 13.8 Å². The molecule has 0 fully saturated rings. The van der Waals surface area contributed by atoms with E-state index in [1.165, 1.54) is 11.1 Å². The molecule has 0 aliphatic rings. The van der Waals surface area contributed by atoms with Crippen molar-refractivity contribution in [3.63, 3.8) is 0 Å². The first-order chi connectivity index (χ1) is 10.2. The molecule has 0 aliphatic carbocycles. The van der Waals surface area contributed by atoms with Gasteiger partial charge in [0, 0.05) is 32.1 Å². The molecule has 0 saturated heterocycles. The topological polar surface area (TPSA) is 59.1 Å². The highest BCUT2D eigenvalue weighted by Gasteiger charge is 2.01. The summed E-state index contributed by atoms with van der Waals surface area (Å²) in [5, 5.41) is 6.50. The third-order valence-corrected chi connectivity index (χ3v) is 2.96. The molecule has 5 nitrogen and oxygen atoms in total. The van der Waals surface area contributed by atoms with Crippen molar-refractivity contribution >= 4 is 17.5 Å². The fourth-order valence-electron chi connectivity index (χ4n) is 2.13. The van der Waals surface area contributed by atoms with E-state index < -0.39 is 0 Å². The summed E-state index contributed by atoms with van der Waals surface area (Å²) in [6.45, 7) is 5.72. The molecule has 2 rings (SSSR count). The Morgan fingerprint density at radius 1 is 1.14 bits per heavy atom. The van der Waals surface area contributed by atoms with Gasteiger partial charge in [0.15, 0.2) is 0 Å². The summed E-state index contributed by atoms with van der Waals surface area (Å²) in [5.41, 5.74) is 3.43. The minimum absolute atomic E-state index is 0.594. The quantitative estimate of drug-likeness (QED) is 0.765. The minimum Gasteiger partial charge on any atom is -0.385 e. The van der Waals surface area contributed by atoms with E-state index in [-0.39, 0.29) is 0 Å². The van der Waals surface area contributed by atoms with Crippen LogP contribution in [0.2, 0.25) is 0 Å². The van der Waals surface area contributed by atoms with E-state index in [9.17, 15) is 0 Å². The Bertz CT molecular complexity index is 566. The summed E-state index contributed by atoms with van der Waals surface area (Å²) >= 11 is 0. The molecule has 0 saturated carbocycles. The molecule has 5 heteroatoms. The van der Waals surface area contributed by atoms with Crippen LogP contribution in [0.3, 0.4) is 0 Å². The monoisotopic (exact) mass is 286 g/mol. The van der Waals surface area contributed by atoms with Crippen molar-refractivity contribution in [2.75, 3.05) is 30.9 Å². The van der Waals surface area contributed by atoms with E-state index in [0.29, 0.717) is 5.95 Å². The Hall–Kier alpha value is -2.14. The Kier molecular flexibility index (Phi) is 5.51. The number of aryl methyl sites for hydroxylation is 2. The molecule has 1 aromatic carbocycles. The number of hydrogen-bond acceptors (Lipinski definition) is 5. The van der Waals surface area contributed by atoms with Crippen molar-refractivity contribution in [2.45, 2.75) is 20.3 Å². The molecule has 0 spiro atoms. The molecule has 0 amide bonds. The van der Waals surface area contributed by atoms with Crippen LogP contribution < -0.4 is 10.6 Å². The van der Waals surface area contributed by atoms with Gasteiger partial charge in [-0.3, -0.25) is 0 Å². The standard InChI is InChI=1S/C16H22N4O/c1-12-9-13(2)11-14(10-12)19-16-18-7-5-15(20-16)17-6-4-8-21-3/h5,7,9-11H,4,6,8H2,1-3H3,(H2,17,18,19,20). The Morgan fingerprint density at radius 2 is 1.90 bits per heavy atom. The van der Waals surface area contributed by atoms with Gasteiger partial charge < -0.3 is 15.4 Å². The summed E-state index contributed by atoms with van der Waals surface area (Å²) in [5.74, 6) is 1.41. The molecule has 112 valence electrons. The maximum Gasteiger partial charge on any atom is 0.229 e. The molecular weight excluding hydrogens is 264 g/mol. The zero-order valence-electron chi connectivity index (χ0n) is 12.8. The summed E-state index contributed by atoms with van der Waals surface area (Å²) in [6.07, 6.45) is 2.69. The summed E-state index contributed by atoms with van der Waals surface area (Å²) in [6, 6.07) is 8.16. The van der Waals surface area contributed by atoms with Gasteiger partial charge >= 0.3 is 0 Å².